The molecule has 1 atom stereocenters. The van der Waals surface area contributed by atoms with Gasteiger partial charge in [0.1, 0.15) is 0 Å². The van der Waals surface area contributed by atoms with E-state index in [0.717, 1.165) is 17.2 Å². The molecule has 1 unspecified atom stereocenters. The average Bonchev–Trinajstić information content (AvgIpc) is 3.31. The van der Waals surface area contributed by atoms with Crippen molar-refractivity contribution in [3.05, 3.63) is 65.7 Å². The third-order valence-electron chi connectivity index (χ3n) is 3.66. The molecule has 2 N–H and O–H groups in total. The summed E-state index contributed by atoms with van der Waals surface area (Å²) in [6.07, 6.45) is 2.61. The zero-order chi connectivity index (χ0) is 13.1. The Balaban J connectivity index is 1.79. The summed E-state index contributed by atoms with van der Waals surface area (Å²) >= 11 is 0. The molecule has 0 heterocycles. The molecule has 2 aromatic carbocycles. The molecule has 98 valence electrons. The van der Waals surface area contributed by atoms with Crippen molar-refractivity contribution in [1.29, 1.82) is 0 Å². The molecule has 0 spiro atoms. The Bertz CT molecular complexity index is 534. The number of aliphatic hydroxyl groups excluding tert-OH is 1. The number of anilines is 1. The van der Waals surface area contributed by atoms with Gasteiger partial charge in [-0.05, 0) is 42.0 Å². The van der Waals surface area contributed by atoms with Crippen molar-refractivity contribution in [2.75, 3.05) is 11.9 Å². The molecule has 2 heteroatoms. The fourth-order valence-electron chi connectivity index (χ4n) is 2.42. The first-order chi connectivity index (χ1) is 9.36. The van der Waals surface area contributed by atoms with Crippen LogP contribution in [-0.2, 0) is 0 Å². The predicted octanol–water partition coefficient (Wildman–Crippen LogP) is 3.71. The van der Waals surface area contributed by atoms with E-state index in [1.807, 2.05) is 30.3 Å². The first kappa shape index (κ1) is 12.2. The summed E-state index contributed by atoms with van der Waals surface area (Å²) in [6.45, 7) is 0.100. The summed E-state index contributed by atoms with van der Waals surface area (Å²) < 4.78 is 0. The highest BCUT2D eigenvalue weighted by molar-refractivity contribution is 5.45. The molecule has 19 heavy (non-hydrogen) atoms. The third-order valence-corrected chi connectivity index (χ3v) is 3.66. The lowest BCUT2D eigenvalue weighted by Gasteiger charge is -2.18. The lowest BCUT2D eigenvalue weighted by Crippen LogP contribution is -2.14. The van der Waals surface area contributed by atoms with Gasteiger partial charge in [-0.3, -0.25) is 0 Å². The quantitative estimate of drug-likeness (QED) is 0.851. The zero-order valence-corrected chi connectivity index (χ0v) is 10.9. The Kier molecular flexibility index (Phi) is 3.51. The summed E-state index contributed by atoms with van der Waals surface area (Å²) in [5.74, 6) is 0.746. The Morgan fingerprint density at radius 2 is 1.84 bits per heavy atom. The van der Waals surface area contributed by atoms with E-state index in [1.165, 1.54) is 18.4 Å². The number of hydrogen-bond donors (Lipinski definition) is 2. The monoisotopic (exact) mass is 253 g/mol. The summed E-state index contributed by atoms with van der Waals surface area (Å²) in [4.78, 5) is 0. The lowest BCUT2D eigenvalue weighted by atomic mass is 10.0. The van der Waals surface area contributed by atoms with Gasteiger partial charge in [0.2, 0.25) is 0 Å². The van der Waals surface area contributed by atoms with E-state index in [9.17, 15) is 5.11 Å². The van der Waals surface area contributed by atoms with Crippen molar-refractivity contribution in [2.24, 2.45) is 0 Å². The van der Waals surface area contributed by atoms with E-state index >= 15 is 0 Å². The van der Waals surface area contributed by atoms with Gasteiger partial charge in [0.25, 0.3) is 0 Å². The summed E-state index contributed by atoms with van der Waals surface area (Å²) in [5, 5.41) is 13.0. The van der Waals surface area contributed by atoms with Crippen LogP contribution in [0.4, 0.5) is 5.69 Å². The molecule has 2 nitrogen and oxygen atoms in total. The molecule has 1 aliphatic rings. The molecule has 3 rings (SSSR count). The number of hydrogen-bond acceptors (Lipinski definition) is 2. The fraction of sp³-hybridized carbons (Fsp3) is 0.294. The number of rotatable bonds is 5. The summed E-state index contributed by atoms with van der Waals surface area (Å²) in [6, 6.07) is 18.6. The van der Waals surface area contributed by atoms with Gasteiger partial charge in [-0.15, -0.1) is 0 Å². The average molecular weight is 253 g/mol. The number of para-hydroxylation sites is 1. The Hall–Kier alpha value is -1.80. The van der Waals surface area contributed by atoms with Gasteiger partial charge in [0, 0.05) is 5.69 Å². The number of nitrogens with one attached hydrogen (secondary N) is 1. The molecular formula is C17H19NO. The van der Waals surface area contributed by atoms with Crippen molar-refractivity contribution in [1.82, 2.24) is 0 Å². The van der Waals surface area contributed by atoms with Crippen LogP contribution in [-0.4, -0.2) is 11.7 Å². The Morgan fingerprint density at radius 1 is 1.05 bits per heavy atom. The molecular weight excluding hydrogens is 234 g/mol. The second kappa shape index (κ2) is 5.45. The summed E-state index contributed by atoms with van der Waals surface area (Å²) in [5.41, 5.74) is 3.61. The minimum atomic E-state index is -0.0406. The second-order valence-electron chi connectivity index (χ2n) is 5.19. The standard InChI is InChI=1S/C17H19NO/c19-12-17(18-16-7-2-1-3-8-16)15-6-4-5-14(11-15)13-9-10-13/h1-8,11,13,17-19H,9-10,12H2. The fourth-order valence-corrected chi connectivity index (χ4v) is 2.42. The smallest absolute Gasteiger partial charge is 0.0745 e. The third kappa shape index (κ3) is 2.96. The topological polar surface area (TPSA) is 32.3 Å². The van der Waals surface area contributed by atoms with Gasteiger partial charge < -0.3 is 10.4 Å². The molecule has 1 aliphatic carbocycles. The van der Waals surface area contributed by atoms with Crippen LogP contribution in [0.3, 0.4) is 0 Å². The summed E-state index contributed by atoms with van der Waals surface area (Å²) in [7, 11) is 0. The van der Waals surface area contributed by atoms with Crippen molar-refractivity contribution >= 4 is 5.69 Å². The molecule has 0 bridgehead atoms. The van der Waals surface area contributed by atoms with E-state index in [1.54, 1.807) is 0 Å². The first-order valence-corrected chi connectivity index (χ1v) is 6.89. The number of aliphatic hydroxyl groups is 1. The van der Waals surface area contributed by atoms with Crippen molar-refractivity contribution in [3.8, 4) is 0 Å². The predicted molar refractivity (Wildman–Crippen MR) is 78.3 cm³/mol. The first-order valence-electron chi connectivity index (χ1n) is 6.89. The van der Waals surface area contributed by atoms with Crippen LogP contribution in [0, 0.1) is 0 Å². The Labute approximate surface area is 114 Å². The van der Waals surface area contributed by atoms with Crippen LogP contribution in [0.5, 0.6) is 0 Å². The van der Waals surface area contributed by atoms with E-state index in [2.05, 4.69) is 29.6 Å². The highest BCUT2D eigenvalue weighted by Crippen LogP contribution is 2.40. The minimum Gasteiger partial charge on any atom is -0.394 e. The lowest BCUT2D eigenvalue weighted by molar-refractivity contribution is 0.276. The highest BCUT2D eigenvalue weighted by Gasteiger charge is 2.24. The normalized spacial score (nSPS) is 16.1. The maximum atomic E-state index is 9.62. The van der Waals surface area contributed by atoms with E-state index in [4.69, 9.17) is 0 Å². The van der Waals surface area contributed by atoms with Gasteiger partial charge in [0.05, 0.1) is 12.6 Å². The van der Waals surface area contributed by atoms with E-state index in [-0.39, 0.29) is 12.6 Å². The van der Waals surface area contributed by atoms with Crippen molar-refractivity contribution in [3.63, 3.8) is 0 Å². The van der Waals surface area contributed by atoms with Gasteiger partial charge in [-0.25, -0.2) is 0 Å². The van der Waals surface area contributed by atoms with E-state index in [0.29, 0.717) is 0 Å². The van der Waals surface area contributed by atoms with Gasteiger partial charge in [0.15, 0.2) is 0 Å². The zero-order valence-electron chi connectivity index (χ0n) is 10.9. The van der Waals surface area contributed by atoms with Crippen LogP contribution < -0.4 is 5.32 Å². The molecule has 0 radical (unpaired) electrons. The van der Waals surface area contributed by atoms with Gasteiger partial charge in [-0.2, -0.15) is 0 Å². The van der Waals surface area contributed by atoms with Crippen molar-refractivity contribution in [2.45, 2.75) is 24.8 Å². The van der Waals surface area contributed by atoms with Gasteiger partial charge >= 0.3 is 0 Å². The molecule has 0 aliphatic heterocycles. The number of benzene rings is 2. The molecule has 0 amide bonds. The van der Waals surface area contributed by atoms with Crippen LogP contribution in [0.2, 0.25) is 0 Å². The van der Waals surface area contributed by atoms with Gasteiger partial charge in [-0.1, -0.05) is 42.5 Å². The van der Waals surface area contributed by atoms with Crippen LogP contribution in [0.1, 0.15) is 35.9 Å². The largest absolute Gasteiger partial charge is 0.394 e. The Morgan fingerprint density at radius 3 is 2.53 bits per heavy atom. The van der Waals surface area contributed by atoms with Crippen LogP contribution >= 0.6 is 0 Å². The van der Waals surface area contributed by atoms with Crippen molar-refractivity contribution < 1.29 is 5.11 Å². The minimum absolute atomic E-state index is 0.0406. The SMILES string of the molecule is OCC(Nc1ccccc1)c1cccc(C2CC2)c1. The highest BCUT2D eigenvalue weighted by atomic mass is 16.3. The maximum absolute atomic E-state index is 9.62. The second-order valence-corrected chi connectivity index (χ2v) is 5.19. The van der Waals surface area contributed by atoms with E-state index < -0.39 is 0 Å². The maximum Gasteiger partial charge on any atom is 0.0745 e. The molecule has 0 aromatic heterocycles. The molecule has 0 saturated heterocycles. The van der Waals surface area contributed by atoms with Crippen LogP contribution in [0.15, 0.2) is 54.6 Å². The molecule has 1 fully saturated rings. The van der Waals surface area contributed by atoms with Crippen LogP contribution in [0.25, 0.3) is 0 Å². The molecule has 2 aromatic rings. The molecule has 1 saturated carbocycles.